The molecule has 158 valence electrons. The second-order valence-electron chi connectivity index (χ2n) is 8.73. The summed E-state index contributed by atoms with van der Waals surface area (Å²) in [6.45, 7) is 11.2. The average molecular weight is 406 g/mol. The van der Waals surface area contributed by atoms with Crippen molar-refractivity contribution in [2.75, 3.05) is 13.1 Å². The van der Waals surface area contributed by atoms with Crippen molar-refractivity contribution in [1.82, 2.24) is 25.0 Å². The summed E-state index contributed by atoms with van der Waals surface area (Å²) >= 11 is 0. The van der Waals surface area contributed by atoms with Crippen LogP contribution in [0.25, 0.3) is 11.0 Å². The van der Waals surface area contributed by atoms with Crippen LogP contribution in [0.1, 0.15) is 59.9 Å². The Morgan fingerprint density at radius 3 is 2.67 bits per heavy atom. The van der Waals surface area contributed by atoms with Crippen molar-refractivity contribution in [3.63, 3.8) is 0 Å². The first-order chi connectivity index (χ1) is 14.4. The van der Waals surface area contributed by atoms with Crippen molar-refractivity contribution in [1.29, 1.82) is 0 Å². The highest BCUT2D eigenvalue weighted by Gasteiger charge is 2.23. The second-order valence-corrected chi connectivity index (χ2v) is 8.73. The summed E-state index contributed by atoms with van der Waals surface area (Å²) in [5.41, 5.74) is 4.89. The van der Waals surface area contributed by atoms with Gasteiger partial charge in [0.2, 0.25) is 0 Å². The first-order valence-corrected chi connectivity index (χ1v) is 10.8. The van der Waals surface area contributed by atoms with Crippen molar-refractivity contribution in [3.8, 4) is 0 Å². The van der Waals surface area contributed by atoms with E-state index >= 15 is 0 Å². The normalized spacial score (nSPS) is 15.8. The Kier molecular flexibility index (Phi) is 5.86. The van der Waals surface area contributed by atoms with Gasteiger partial charge in [0, 0.05) is 37.1 Å². The van der Waals surface area contributed by atoms with Crippen LogP contribution >= 0.6 is 0 Å². The minimum Gasteiger partial charge on any atom is -0.349 e. The molecule has 0 atom stereocenters. The minimum atomic E-state index is -0.0312. The van der Waals surface area contributed by atoms with E-state index in [0.29, 0.717) is 5.56 Å². The van der Waals surface area contributed by atoms with Crippen molar-refractivity contribution in [2.45, 2.75) is 59.2 Å². The molecule has 4 rings (SSSR count). The molecule has 0 bridgehead atoms. The molecule has 0 aliphatic carbocycles. The van der Waals surface area contributed by atoms with E-state index in [-0.39, 0.29) is 18.0 Å². The number of nitrogens with one attached hydrogen (secondary N) is 1. The van der Waals surface area contributed by atoms with Crippen LogP contribution < -0.4 is 5.32 Å². The molecule has 3 heterocycles. The van der Waals surface area contributed by atoms with Gasteiger partial charge in [-0.25, -0.2) is 9.67 Å². The Bertz CT molecular complexity index is 1050. The van der Waals surface area contributed by atoms with Crippen LogP contribution in [0.4, 0.5) is 0 Å². The molecule has 0 unspecified atom stereocenters. The van der Waals surface area contributed by atoms with Crippen LogP contribution in [-0.4, -0.2) is 44.7 Å². The number of hydrogen-bond donors (Lipinski definition) is 1. The van der Waals surface area contributed by atoms with E-state index in [0.717, 1.165) is 49.2 Å². The molecule has 1 aliphatic heterocycles. The first kappa shape index (κ1) is 20.5. The molecule has 1 amide bonds. The van der Waals surface area contributed by atoms with Crippen LogP contribution in [0.5, 0.6) is 0 Å². The molecule has 0 spiro atoms. The lowest BCUT2D eigenvalue weighted by atomic mass is 10.0. The summed E-state index contributed by atoms with van der Waals surface area (Å²) in [6.07, 6.45) is 3.73. The minimum absolute atomic E-state index is 0.0312. The zero-order chi connectivity index (χ0) is 21.3. The smallest absolute Gasteiger partial charge is 0.253 e. The van der Waals surface area contributed by atoms with Crippen LogP contribution in [0.2, 0.25) is 0 Å². The van der Waals surface area contributed by atoms with Gasteiger partial charge in [0.05, 0.1) is 17.5 Å². The van der Waals surface area contributed by atoms with Crippen LogP contribution in [0.3, 0.4) is 0 Å². The molecule has 6 heteroatoms. The highest BCUT2D eigenvalue weighted by molar-refractivity contribution is 5.98. The third-order valence-electron chi connectivity index (χ3n) is 5.90. The van der Waals surface area contributed by atoms with Crippen LogP contribution in [-0.2, 0) is 6.54 Å². The fourth-order valence-electron chi connectivity index (χ4n) is 4.24. The molecule has 6 nitrogen and oxygen atoms in total. The van der Waals surface area contributed by atoms with Gasteiger partial charge in [-0.1, -0.05) is 29.8 Å². The average Bonchev–Trinajstić information content (AvgIpc) is 3.12. The summed E-state index contributed by atoms with van der Waals surface area (Å²) in [4.78, 5) is 20.1. The lowest BCUT2D eigenvalue weighted by molar-refractivity contribution is 0.0908. The molecular formula is C24H31N5O. The molecule has 30 heavy (non-hydrogen) atoms. The van der Waals surface area contributed by atoms with Gasteiger partial charge in [-0.2, -0.15) is 5.10 Å². The zero-order valence-electron chi connectivity index (χ0n) is 18.4. The number of carbonyl (C=O) groups excluding carboxylic acids is 1. The number of rotatable bonds is 5. The number of hydrogen-bond acceptors (Lipinski definition) is 4. The Hall–Kier alpha value is -2.73. The number of amides is 1. The molecular weight excluding hydrogens is 374 g/mol. The van der Waals surface area contributed by atoms with E-state index in [1.54, 1.807) is 6.20 Å². The van der Waals surface area contributed by atoms with Crippen molar-refractivity contribution in [2.24, 2.45) is 0 Å². The number of nitrogens with zero attached hydrogens (tertiary/aromatic N) is 4. The van der Waals surface area contributed by atoms with Crippen LogP contribution in [0, 0.1) is 13.8 Å². The van der Waals surface area contributed by atoms with E-state index < -0.39 is 0 Å². The molecule has 1 N–H and O–H groups in total. The summed E-state index contributed by atoms with van der Waals surface area (Å²) in [5.74, 6) is -0.0312. The van der Waals surface area contributed by atoms with Gasteiger partial charge < -0.3 is 5.32 Å². The van der Waals surface area contributed by atoms with Crippen molar-refractivity contribution in [3.05, 3.63) is 58.9 Å². The quantitative estimate of drug-likeness (QED) is 0.696. The number of likely N-dealkylation sites (tertiary alicyclic amines) is 1. The van der Waals surface area contributed by atoms with Crippen LogP contribution in [0.15, 0.2) is 36.5 Å². The van der Waals surface area contributed by atoms with Crippen molar-refractivity contribution < 1.29 is 4.79 Å². The van der Waals surface area contributed by atoms with Gasteiger partial charge in [-0.05, 0) is 52.2 Å². The predicted octanol–water partition coefficient (Wildman–Crippen LogP) is 4.02. The third kappa shape index (κ3) is 4.38. The maximum atomic E-state index is 12.9. The number of carbonyl (C=O) groups is 1. The van der Waals surface area contributed by atoms with Gasteiger partial charge in [0.25, 0.3) is 5.91 Å². The number of benzene rings is 1. The molecule has 1 aromatic carbocycles. The lowest BCUT2D eigenvalue weighted by Gasteiger charge is -2.32. The predicted molar refractivity (Wildman–Crippen MR) is 120 cm³/mol. The van der Waals surface area contributed by atoms with E-state index in [1.165, 1.54) is 11.1 Å². The standard InChI is InChI=1S/C24H31N5O/c1-16(2)29-23-20(14-25-29)13-22(18(4)26-23)24(30)27-21-8-10-28(11-9-21)15-19-7-5-6-17(3)12-19/h5-7,12-14,16,21H,8-11,15H2,1-4H3,(H,27,30). The molecule has 0 saturated carbocycles. The van der Waals surface area contributed by atoms with E-state index in [4.69, 9.17) is 0 Å². The maximum absolute atomic E-state index is 12.9. The summed E-state index contributed by atoms with van der Waals surface area (Å²) < 4.78 is 1.90. The van der Waals surface area contributed by atoms with Gasteiger partial charge >= 0.3 is 0 Å². The van der Waals surface area contributed by atoms with Gasteiger partial charge in [-0.3, -0.25) is 9.69 Å². The topological polar surface area (TPSA) is 63.1 Å². The number of aromatic nitrogens is 3. The Morgan fingerprint density at radius 1 is 1.20 bits per heavy atom. The van der Waals surface area contributed by atoms with E-state index in [9.17, 15) is 4.79 Å². The number of pyridine rings is 1. The second kappa shape index (κ2) is 8.56. The molecule has 1 saturated heterocycles. The molecule has 1 aliphatic rings. The fourth-order valence-corrected chi connectivity index (χ4v) is 4.24. The maximum Gasteiger partial charge on any atom is 0.253 e. The summed E-state index contributed by atoms with van der Waals surface area (Å²) in [7, 11) is 0. The summed E-state index contributed by atoms with van der Waals surface area (Å²) in [6, 6.07) is 11.1. The number of fused-ring (bicyclic) bond motifs is 1. The lowest BCUT2D eigenvalue weighted by Crippen LogP contribution is -2.44. The SMILES string of the molecule is Cc1cccc(CN2CCC(NC(=O)c3cc4cnn(C(C)C)c4nc3C)CC2)c1. The monoisotopic (exact) mass is 405 g/mol. The number of piperidine rings is 1. The highest BCUT2D eigenvalue weighted by Crippen LogP contribution is 2.20. The summed E-state index contributed by atoms with van der Waals surface area (Å²) in [5, 5.41) is 8.56. The van der Waals surface area contributed by atoms with Crippen molar-refractivity contribution >= 4 is 16.9 Å². The Labute approximate surface area is 178 Å². The molecule has 2 aromatic heterocycles. The highest BCUT2D eigenvalue weighted by atomic mass is 16.1. The molecule has 3 aromatic rings. The zero-order valence-corrected chi connectivity index (χ0v) is 18.4. The third-order valence-corrected chi connectivity index (χ3v) is 5.90. The molecule has 1 fully saturated rings. The fraction of sp³-hybridized carbons (Fsp3) is 0.458. The van der Waals surface area contributed by atoms with Gasteiger partial charge in [0.1, 0.15) is 0 Å². The number of aryl methyl sites for hydroxylation is 2. The van der Waals surface area contributed by atoms with E-state index in [2.05, 4.69) is 65.3 Å². The Morgan fingerprint density at radius 2 is 1.97 bits per heavy atom. The van der Waals surface area contributed by atoms with Gasteiger partial charge in [0.15, 0.2) is 5.65 Å². The Balaban J connectivity index is 1.37. The van der Waals surface area contributed by atoms with E-state index in [1.807, 2.05) is 17.7 Å². The van der Waals surface area contributed by atoms with Gasteiger partial charge in [-0.15, -0.1) is 0 Å². The molecule has 0 radical (unpaired) electrons. The largest absolute Gasteiger partial charge is 0.349 e. The first-order valence-electron chi connectivity index (χ1n) is 10.8.